The topological polar surface area (TPSA) is 55.8 Å². The van der Waals surface area contributed by atoms with Crippen molar-refractivity contribution in [3.05, 3.63) is 35.6 Å². The molecule has 2 rings (SSSR count). The standard InChI is InChI=1S/C11H10FNO4/c1-16-10(14)13-9(6-17-11(13)15)7-2-4-8(12)5-3-7/h2-5,9H,6H2,1H3. The molecule has 0 radical (unpaired) electrons. The molecule has 0 saturated carbocycles. The van der Waals surface area contributed by atoms with Crippen LogP contribution in [0, 0.1) is 5.82 Å². The molecule has 5 nitrogen and oxygen atoms in total. The van der Waals surface area contributed by atoms with Crippen molar-refractivity contribution in [2.24, 2.45) is 0 Å². The van der Waals surface area contributed by atoms with Gasteiger partial charge in [-0.15, -0.1) is 0 Å². The highest BCUT2D eigenvalue weighted by Crippen LogP contribution is 2.28. The molecule has 1 atom stereocenters. The van der Waals surface area contributed by atoms with Crippen molar-refractivity contribution in [1.82, 2.24) is 4.90 Å². The van der Waals surface area contributed by atoms with Gasteiger partial charge >= 0.3 is 12.2 Å². The van der Waals surface area contributed by atoms with E-state index in [0.717, 1.165) is 4.90 Å². The van der Waals surface area contributed by atoms with E-state index in [1.807, 2.05) is 0 Å². The Morgan fingerprint density at radius 2 is 2.12 bits per heavy atom. The summed E-state index contributed by atoms with van der Waals surface area (Å²) < 4.78 is 22.0. The maximum atomic E-state index is 12.8. The van der Waals surface area contributed by atoms with Crippen LogP contribution >= 0.6 is 0 Å². The number of rotatable bonds is 1. The quantitative estimate of drug-likeness (QED) is 0.752. The van der Waals surface area contributed by atoms with E-state index in [9.17, 15) is 14.0 Å². The number of hydrogen-bond donors (Lipinski definition) is 0. The Kier molecular flexibility index (Phi) is 2.95. The molecule has 0 spiro atoms. The number of amides is 2. The molecule has 1 heterocycles. The lowest BCUT2D eigenvalue weighted by Gasteiger charge is -2.18. The number of ether oxygens (including phenoxy) is 2. The highest BCUT2D eigenvalue weighted by molar-refractivity contribution is 5.89. The lowest BCUT2D eigenvalue weighted by Crippen LogP contribution is -2.33. The summed E-state index contributed by atoms with van der Waals surface area (Å²) in [6.45, 7) is 0.0412. The van der Waals surface area contributed by atoms with Crippen molar-refractivity contribution in [3.63, 3.8) is 0 Å². The third-order valence-electron chi connectivity index (χ3n) is 2.50. The molecule has 0 bridgehead atoms. The van der Waals surface area contributed by atoms with Gasteiger partial charge in [-0.3, -0.25) is 0 Å². The summed E-state index contributed by atoms with van der Waals surface area (Å²) in [6.07, 6.45) is -1.55. The second-order valence-corrected chi connectivity index (χ2v) is 3.48. The van der Waals surface area contributed by atoms with Crippen LogP contribution in [0.4, 0.5) is 14.0 Å². The Morgan fingerprint density at radius 1 is 1.47 bits per heavy atom. The molecule has 6 heteroatoms. The number of imide groups is 1. The Morgan fingerprint density at radius 3 is 2.71 bits per heavy atom. The number of cyclic esters (lactones) is 1. The average molecular weight is 239 g/mol. The van der Waals surface area contributed by atoms with Crippen molar-refractivity contribution < 1.29 is 23.5 Å². The van der Waals surface area contributed by atoms with E-state index in [4.69, 9.17) is 4.74 Å². The first-order valence-electron chi connectivity index (χ1n) is 4.93. The molecular weight excluding hydrogens is 229 g/mol. The second kappa shape index (κ2) is 4.40. The Balaban J connectivity index is 2.28. The lowest BCUT2D eigenvalue weighted by atomic mass is 10.1. The van der Waals surface area contributed by atoms with Gasteiger partial charge < -0.3 is 9.47 Å². The number of halogens is 1. The number of nitrogens with zero attached hydrogens (tertiary/aromatic N) is 1. The van der Waals surface area contributed by atoms with Crippen LogP contribution in [0.3, 0.4) is 0 Å². The zero-order valence-electron chi connectivity index (χ0n) is 9.05. The van der Waals surface area contributed by atoms with Gasteiger partial charge in [0.05, 0.1) is 7.11 Å². The van der Waals surface area contributed by atoms with Crippen LogP contribution in [0.15, 0.2) is 24.3 Å². The minimum atomic E-state index is -0.790. The average Bonchev–Trinajstić information content (AvgIpc) is 2.71. The summed E-state index contributed by atoms with van der Waals surface area (Å²) in [4.78, 5) is 23.6. The molecule has 1 fully saturated rings. The molecule has 2 amide bonds. The van der Waals surface area contributed by atoms with E-state index in [2.05, 4.69) is 4.74 Å². The van der Waals surface area contributed by atoms with Crippen molar-refractivity contribution in [2.45, 2.75) is 6.04 Å². The predicted molar refractivity (Wildman–Crippen MR) is 54.7 cm³/mol. The molecule has 1 saturated heterocycles. The van der Waals surface area contributed by atoms with Crippen LogP contribution in [0.1, 0.15) is 11.6 Å². The summed E-state index contributed by atoms with van der Waals surface area (Å²) in [6, 6.07) is 4.94. The fourth-order valence-corrected chi connectivity index (χ4v) is 1.65. The summed E-state index contributed by atoms with van der Waals surface area (Å²) in [5, 5.41) is 0. The SMILES string of the molecule is COC(=O)N1C(=O)OCC1c1ccc(F)cc1. The normalized spacial score (nSPS) is 19.1. The van der Waals surface area contributed by atoms with Crippen LogP contribution in [0.25, 0.3) is 0 Å². The van der Waals surface area contributed by atoms with Gasteiger partial charge in [-0.2, -0.15) is 0 Å². The second-order valence-electron chi connectivity index (χ2n) is 3.48. The number of benzene rings is 1. The minimum absolute atomic E-state index is 0.0412. The monoisotopic (exact) mass is 239 g/mol. The highest BCUT2D eigenvalue weighted by atomic mass is 19.1. The fraction of sp³-hybridized carbons (Fsp3) is 0.273. The fourth-order valence-electron chi connectivity index (χ4n) is 1.65. The molecule has 0 aromatic heterocycles. The molecule has 17 heavy (non-hydrogen) atoms. The molecule has 1 aromatic carbocycles. The predicted octanol–water partition coefficient (Wildman–Crippen LogP) is 2.09. The maximum Gasteiger partial charge on any atom is 0.420 e. The highest BCUT2D eigenvalue weighted by Gasteiger charge is 2.39. The first-order valence-corrected chi connectivity index (χ1v) is 4.93. The van der Waals surface area contributed by atoms with Crippen molar-refractivity contribution >= 4 is 12.2 Å². The summed E-state index contributed by atoms with van der Waals surface area (Å²) >= 11 is 0. The lowest BCUT2D eigenvalue weighted by molar-refractivity contribution is 0.120. The van der Waals surface area contributed by atoms with Gasteiger partial charge in [0.25, 0.3) is 0 Å². The van der Waals surface area contributed by atoms with Crippen molar-refractivity contribution in [2.75, 3.05) is 13.7 Å². The Hall–Kier alpha value is -2.11. The van der Waals surface area contributed by atoms with E-state index in [1.165, 1.54) is 31.4 Å². The van der Waals surface area contributed by atoms with Crippen LogP contribution in [0.5, 0.6) is 0 Å². The van der Waals surface area contributed by atoms with Crippen LogP contribution in [-0.2, 0) is 9.47 Å². The number of hydrogen-bond acceptors (Lipinski definition) is 4. The minimum Gasteiger partial charge on any atom is -0.452 e. The molecule has 1 aliphatic rings. The van der Waals surface area contributed by atoms with Crippen molar-refractivity contribution in [3.8, 4) is 0 Å². The van der Waals surface area contributed by atoms with Gasteiger partial charge in [-0.25, -0.2) is 18.9 Å². The first-order chi connectivity index (χ1) is 8.13. The first kappa shape index (κ1) is 11.4. The van der Waals surface area contributed by atoms with Gasteiger partial charge in [-0.1, -0.05) is 12.1 Å². The van der Waals surface area contributed by atoms with Crippen LogP contribution in [0.2, 0.25) is 0 Å². The molecule has 1 unspecified atom stereocenters. The van der Waals surface area contributed by atoms with Gasteiger partial charge in [0.2, 0.25) is 0 Å². The summed E-state index contributed by atoms with van der Waals surface area (Å²) in [5.41, 5.74) is 0.614. The van der Waals surface area contributed by atoms with E-state index < -0.39 is 18.2 Å². The van der Waals surface area contributed by atoms with E-state index in [1.54, 1.807) is 0 Å². The molecule has 1 aromatic rings. The van der Waals surface area contributed by atoms with E-state index in [0.29, 0.717) is 5.56 Å². The summed E-state index contributed by atoms with van der Waals surface area (Å²) in [5.74, 6) is -0.386. The third kappa shape index (κ3) is 2.06. The number of carbonyl (C=O) groups excluding carboxylic acids is 2. The molecule has 0 N–H and O–H groups in total. The summed E-state index contributed by atoms with van der Waals surface area (Å²) in [7, 11) is 1.18. The van der Waals surface area contributed by atoms with Crippen LogP contribution < -0.4 is 0 Å². The number of carbonyl (C=O) groups is 2. The Bertz CT molecular complexity index is 445. The smallest absolute Gasteiger partial charge is 0.420 e. The Labute approximate surface area is 96.7 Å². The van der Waals surface area contributed by atoms with E-state index >= 15 is 0 Å². The van der Waals surface area contributed by atoms with E-state index in [-0.39, 0.29) is 12.4 Å². The zero-order chi connectivity index (χ0) is 12.4. The number of methoxy groups -OCH3 is 1. The zero-order valence-corrected chi connectivity index (χ0v) is 9.05. The van der Waals surface area contributed by atoms with Crippen LogP contribution in [-0.4, -0.2) is 30.8 Å². The molecule has 0 aliphatic carbocycles. The van der Waals surface area contributed by atoms with Gasteiger partial charge in [0.1, 0.15) is 18.5 Å². The van der Waals surface area contributed by atoms with Gasteiger partial charge in [0.15, 0.2) is 0 Å². The maximum absolute atomic E-state index is 12.8. The molecular formula is C11H10FNO4. The largest absolute Gasteiger partial charge is 0.452 e. The molecule has 90 valence electrons. The molecule has 1 aliphatic heterocycles. The third-order valence-corrected chi connectivity index (χ3v) is 2.50. The van der Waals surface area contributed by atoms with Gasteiger partial charge in [0, 0.05) is 0 Å². The van der Waals surface area contributed by atoms with Gasteiger partial charge in [-0.05, 0) is 17.7 Å². The van der Waals surface area contributed by atoms with Crippen molar-refractivity contribution in [1.29, 1.82) is 0 Å².